The van der Waals surface area contributed by atoms with Crippen molar-refractivity contribution in [1.82, 2.24) is 0 Å². The molecule has 0 saturated carbocycles. The maximum atomic E-state index is 6.39. The van der Waals surface area contributed by atoms with Crippen LogP contribution in [0.3, 0.4) is 0 Å². The van der Waals surface area contributed by atoms with Crippen molar-refractivity contribution < 1.29 is 0 Å². The zero-order valence-electron chi connectivity index (χ0n) is 14.8. The van der Waals surface area contributed by atoms with E-state index in [0.29, 0.717) is 0 Å². The fourth-order valence-electron chi connectivity index (χ4n) is 3.53. The van der Waals surface area contributed by atoms with Crippen molar-refractivity contribution in [3.05, 3.63) is 84.4 Å². The van der Waals surface area contributed by atoms with Gasteiger partial charge in [-0.3, -0.25) is 0 Å². The molecule has 4 aromatic rings. The Kier molecular flexibility index (Phi) is 3.82. The average Bonchev–Trinajstić information content (AvgIpc) is 2.67. The van der Waals surface area contributed by atoms with Crippen LogP contribution in [0.2, 0.25) is 0 Å². The summed E-state index contributed by atoms with van der Waals surface area (Å²) < 4.78 is 0. The molecule has 0 amide bonds. The minimum absolute atomic E-state index is 0.274. The van der Waals surface area contributed by atoms with Crippen molar-refractivity contribution in [2.45, 2.75) is 25.8 Å². The molecule has 1 heteroatoms. The van der Waals surface area contributed by atoms with Gasteiger partial charge in [0, 0.05) is 5.54 Å². The summed E-state index contributed by atoms with van der Waals surface area (Å²) in [4.78, 5) is 0. The monoisotopic (exact) mass is 325 g/mol. The lowest BCUT2D eigenvalue weighted by Crippen LogP contribution is -2.31. The van der Waals surface area contributed by atoms with Gasteiger partial charge in [0.05, 0.1) is 0 Å². The molecule has 0 bridgehead atoms. The Bertz CT molecular complexity index is 1040. The minimum Gasteiger partial charge on any atom is -0.322 e. The lowest BCUT2D eigenvalue weighted by Gasteiger charge is -2.23. The number of benzene rings is 4. The fourth-order valence-corrected chi connectivity index (χ4v) is 3.53. The van der Waals surface area contributed by atoms with Crippen LogP contribution in [0, 0.1) is 0 Å². The van der Waals surface area contributed by atoms with Crippen LogP contribution in [0.1, 0.15) is 25.8 Å². The highest BCUT2D eigenvalue weighted by Gasteiger charge is 2.18. The van der Waals surface area contributed by atoms with Gasteiger partial charge in [-0.1, -0.05) is 79.7 Å². The van der Waals surface area contributed by atoms with Gasteiger partial charge in [-0.05, 0) is 57.6 Å². The first-order valence-electron chi connectivity index (χ1n) is 8.90. The van der Waals surface area contributed by atoms with Crippen LogP contribution in [0.15, 0.2) is 78.9 Å². The SMILES string of the molecule is CCC(C)(N)c1ccc(-c2cc3ccccc3c3ccccc23)cc1. The van der Waals surface area contributed by atoms with Crippen molar-refractivity contribution >= 4 is 21.5 Å². The van der Waals surface area contributed by atoms with E-state index in [-0.39, 0.29) is 5.54 Å². The highest BCUT2D eigenvalue weighted by Crippen LogP contribution is 2.35. The summed E-state index contributed by atoms with van der Waals surface area (Å²) in [6.07, 6.45) is 0.922. The molecular weight excluding hydrogens is 302 g/mol. The third kappa shape index (κ3) is 2.71. The van der Waals surface area contributed by atoms with E-state index in [0.717, 1.165) is 6.42 Å². The molecule has 1 atom stereocenters. The quantitative estimate of drug-likeness (QED) is 0.443. The third-order valence-corrected chi connectivity index (χ3v) is 5.36. The van der Waals surface area contributed by atoms with Crippen LogP contribution in [0.4, 0.5) is 0 Å². The van der Waals surface area contributed by atoms with E-state index in [1.54, 1.807) is 0 Å². The summed E-state index contributed by atoms with van der Waals surface area (Å²) >= 11 is 0. The number of hydrogen-bond acceptors (Lipinski definition) is 1. The van der Waals surface area contributed by atoms with Crippen LogP contribution < -0.4 is 5.73 Å². The number of fused-ring (bicyclic) bond motifs is 3. The second-order valence-corrected chi connectivity index (χ2v) is 7.04. The molecule has 1 nitrogen and oxygen atoms in total. The standard InChI is InChI=1S/C24H23N/c1-3-24(2,25)19-14-12-17(13-15-19)23-16-18-8-4-5-9-20(18)21-10-6-7-11-22(21)23/h4-16H,3,25H2,1-2H3. The fraction of sp³-hybridized carbons (Fsp3) is 0.167. The molecule has 0 spiro atoms. The summed E-state index contributed by atoms with van der Waals surface area (Å²) in [7, 11) is 0. The molecule has 0 radical (unpaired) electrons. The van der Waals surface area contributed by atoms with E-state index < -0.39 is 0 Å². The molecule has 0 aliphatic carbocycles. The van der Waals surface area contributed by atoms with E-state index >= 15 is 0 Å². The van der Waals surface area contributed by atoms with Crippen LogP contribution in [-0.4, -0.2) is 0 Å². The topological polar surface area (TPSA) is 26.0 Å². The second kappa shape index (κ2) is 6.02. The van der Waals surface area contributed by atoms with E-state index in [1.807, 2.05) is 0 Å². The van der Waals surface area contributed by atoms with Gasteiger partial charge in [-0.15, -0.1) is 0 Å². The van der Waals surface area contributed by atoms with Gasteiger partial charge in [0.2, 0.25) is 0 Å². The molecule has 0 heterocycles. The van der Waals surface area contributed by atoms with E-state index in [1.165, 1.54) is 38.2 Å². The Labute approximate surface area is 149 Å². The van der Waals surface area contributed by atoms with Crippen LogP contribution in [0.25, 0.3) is 32.7 Å². The van der Waals surface area contributed by atoms with Crippen molar-refractivity contribution in [3.63, 3.8) is 0 Å². The van der Waals surface area contributed by atoms with Gasteiger partial charge in [-0.25, -0.2) is 0 Å². The van der Waals surface area contributed by atoms with Crippen molar-refractivity contribution in [2.75, 3.05) is 0 Å². The smallest absolute Gasteiger partial charge is 0.0378 e. The Morgan fingerprint density at radius 3 is 2.04 bits per heavy atom. The average molecular weight is 325 g/mol. The van der Waals surface area contributed by atoms with Gasteiger partial charge < -0.3 is 5.73 Å². The highest BCUT2D eigenvalue weighted by atomic mass is 14.7. The van der Waals surface area contributed by atoms with Crippen LogP contribution in [0.5, 0.6) is 0 Å². The minimum atomic E-state index is -0.274. The van der Waals surface area contributed by atoms with Crippen LogP contribution >= 0.6 is 0 Å². The normalized spacial score (nSPS) is 13.9. The van der Waals surface area contributed by atoms with E-state index in [2.05, 4.69) is 92.7 Å². The van der Waals surface area contributed by atoms with Gasteiger partial charge in [0.15, 0.2) is 0 Å². The lowest BCUT2D eigenvalue weighted by atomic mass is 9.88. The zero-order chi connectivity index (χ0) is 17.4. The first-order chi connectivity index (χ1) is 12.1. The molecule has 0 saturated heterocycles. The largest absolute Gasteiger partial charge is 0.322 e. The number of rotatable bonds is 3. The van der Waals surface area contributed by atoms with Crippen molar-refractivity contribution in [2.24, 2.45) is 5.73 Å². The molecule has 0 fully saturated rings. The Hall–Kier alpha value is -2.64. The zero-order valence-corrected chi connectivity index (χ0v) is 14.8. The number of nitrogens with two attached hydrogens (primary N) is 1. The molecule has 0 aliphatic heterocycles. The molecule has 2 N–H and O–H groups in total. The summed E-state index contributed by atoms with van der Waals surface area (Å²) in [6, 6.07) is 28.3. The number of hydrogen-bond donors (Lipinski definition) is 1. The van der Waals surface area contributed by atoms with Gasteiger partial charge in [0.25, 0.3) is 0 Å². The maximum Gasteiger partial charge on any atom is 0.0378 e. The van der Waals surface area contributed by atoms with Crippen molar-refractivity contribution in [3.8, 4) is 11.1 Å². The summed E-state index contributed by atoms with van der Waals surface area (Å²) in [5, 5.41) is 5.17. The van der Waals surface area contributed by atoms with E-state index in [9.17, 15) is 0 Å². The molecule has 4 aromatic carbocycles. The van der Waals surface area contributed by atoms with Gasteiger partial charge in [-0.2, -0.15) is 0 Å². The second-order valence-electron chi connectivity index (χ2n) is 7.04. The summed E-state index contributed by atoms with van der Waals surface area (Å²) in [6.45, 7) is 4.22. The summed E-state index contributed by atoms with van der Waals surface area (Å²) in [5.41, 5.74) is 9.81. The van der Waals surface area contributed by atoms with E-state index in [4.69, 9.17) is 5.73 Å². The third-order valence-electron chi connectivity index (χ3n) is 5.36. The van der Waals surface area contributed by atoms with Gasteiger partial charge >= 0.3 is 0 Å². The molecule has 1 unspecified atom stereocenters. The Morgan fingerprint density at radius 1 is 0.760 bits per heavy atom. The molecule has 4 rings (SSSR count). The first-order valence-corrected chi connectivity index (χ1v) is 8.90. The Balaban J connectivity index is 1.94. The maximum absolute atomic E-state index is 6.39. The lowest BCUT2D eigenvalue weighted by molar-refractivity contribution is 0.476. The predicted octanol–water partition coefficient (Wildman–Crippen LogP) is 6.24. The molecule has 124 valence electrons. The molecule has 25 heavy (non-hydrogen) atoms. The molecule has 0 aliphatic rings. The first kappa shape index (κ1) is 15.9. The predicted molar refractivity (Wildman–Crippen MR) is 109 cm³/mol. The van der Waals surface area contributed by atoms with Crippen molar-refractivity contribution in [1.29, 1.82) is 0 Å². The molecular formula is C24H23N. The van der Waals surface area contributed by atoms with Crippen LogP contribution in [-0.2, 0) is 5.54 Å². The summed E-state index contributed by atoms with van der Waals surface area (Å²) in [5.74, 6) is 0. The highest BCUT2D eigenvalue weighted by molar-refractivity contribution is 6.13. The molecule has 0 aromatic heterocycles. The van der Waals surface area contributed by atoms with Gasteiger partial charge in [0.1, 0.15) is 0 Å². The Morgan fingerprint density at radius 2 is 1.36 bits per heavy atom.